The number of fused-ring (bicyclic) bond motifs is 3. The van der Waals surface area contributed by atoms with Gasteiger partial charge in [0.05, 0.1) is 0 Å². The van der Waals surface area contributed by atoms with Crippen LogP contribution in [0.5, 0.6) is 0 Å². The first kappa shape index (κ1) is 32.0. The van der Waals surface area contributed by atoms with Crippen molar-refractivity contribution in [2.45, 2.75) is 44.9 Å². The third-order valence-electron chi connectivity index (χ3n) is 8.41. The van der Waals surface area contributed by atoms with Crippen LogP contribution >= 0.6 is 31.4 Å². The fourth-order valence-electron chi connectivity index (χ4n) is 6.57. The number of hydrogen-bond donors (Lipinski definition) is 0. The summed E-state index contributed by atoms with van der Waals surface area (Å²) in [4.78, 5) is 8.81. The van der Waals surface area contributed by atoms with Gasteiger partial charge in [0.15, 0.2) is 0 Å². The molecule has 1 saturated heterocycles. The Kier molecular flexibility index (Phi) is 8.06. The maximum absolute atomic E-state index is 10.7. The van der Waals surface area contributed by atoms with Crippen LogP contribution in [-0.2, 0) is 12.8 Å². The van der Waals surface area contributed by atoms with Gasteiger partial charge in [-0.25, -0.2) is 0 Å². The number of anilines is 1. The summed E-state index contributed by atoms with van der Waals surface area (Å²) in [6.07, 6.45) is 8.87. The van der Waals surface area contributed by atoms with Gasteiger partial charge < -0.3 is 0 Å². The molecule has 0 amide bonds. The SMILES string of the molecule is C[N+](C)=c1ccc2c(-c3ccc(C(=S)N4CCCCC4)s3)c3cc4c5c(c3[se]c-2c1)CCCN5CCC4.F[P-](F)(F)(F)(F)F. The first-order valence-electron chi connectivity index (χ1n) is 14.8. The van der Waals surface area contributed by atoms with E-state index >= 15 is 0 Å². The summed E-state index contributed by atoms with van der Waals surface area (Å²) >= 11 is 8.24. The van der Waals surface area contributed by atoms with Crippen molar-refractivity contribution in [3.8, 4) is 20.4 Å². The molecule has 0 bridgehead atoms. The molecule has 0 spiro atoms. The molecule has 0 saturated carbocycles. The molecule has 3 nitrogen and oxygen atoms in total. The van der Waals surface area contributed by atoms with Gasteiger partial charge in [-0.05, 0) is 0 Å². The molecule has 13 heteroatoms. The number of hydrogen-bond acceptors (Lipinski definition) is 3. The van der Waals surface area contributed by atoms with Gasteiger partial charge in [-0.1, -0.05) is 0 Å². The molecule has 5 heterocycles. The van der Waals surface area contributed by atoms with Crippen LogP contribution < -0.4 is 14.8 Å². The van der Waals surface area contributed by atoms with Gasteiger partial charge in [0.25, 0.3) is 0 Å². The zero-order valence-electron chi connectivity index (χ0n) is 24.5. The molecule has 1 aromatic heterocycles. The number of thiocarbonyl (C=S) groups is 1. The second kappa shape index (κ2) is 11.1. The quantitative estimate of drug-likeness (QED) is 0.0508. The Balaban J connectivity index is 0.000000441. The van der Waals surface area contributed by atoms with Crippen molar-refractivity contribution in [1.82, 2.24) is 9.48 Å². The molecule has 0 N–H and O–H groups in total. The van der Waals surface area contributed by atoms with Gasteiger partial charge in [0, 0.05) is 0 Å². The zero-order valence-corrected chi connectivity index (χ0v) is 28.8. The number of likely N-dealkylation sites (tertiary alicyclic amines) is 1. The number of rotatable bonds is 2. The molecule has 0 atom stereocenters. The Morgan fingerprint density at radius 3 is 2.23 bits per heavy atom. The van der Waals surface area contributed by atoms with E-state index in [9.17, 15) is 25.2 Å². The Bertz CT molecular complexity index is 1790. The first-order chi connectivity index (χ1) is 20.5. The van der Waals surface area contributed by atoms with E-state index in [1.165, 1.54) is 94.1 Å². The average Bonchev–Trinajstić information content (AvgIpc) is 3.44. The van der Waals surface area contributed by atoms with Crippen molar-refractivity contribution in [2.75, 3.05) is 45.2 Å². The summed E-state index contributed by atoms with van der Waals surface area (Å²) in [6.45, 7) is 4.67. The molecule has 238 valence electrons. The fraction of sp³-hybridized carbons (Fsp3) is 0.419. The van der Waals surface area contributed by atoms with Crippen LogP contribution in [0, 0.1) is 0 Å². The predicted molar refractivity (Wildman–Crippen MR) is 177 cm³/mol. The number of piperidine rings is 1. The summed E-state index contributed by atoms with van der Waals surface area (Å²) in [5.74, 6) is 0. The van der Waals surface area contributed by atoms with Crippen LogP contribution in [0.25, 0.3) is 30.1 Å². The Hall–Kier alpha value is -1.97. The van der Waals surface area contributed by atoms with E-state index in [2.05, 4.69) is 64.9 Å². The fourth-order valence-corrected chi connectivity index (χ4v) is 10.7. The van der Waals surface area contributed by atoms with Crippen molar-refractivity contribution < 1.29 is 25.2 Å². The van der Waals surface area contributed by atoms with Gasteiger partial charge in [-0.15, -0.1) is 0 Å². The third kappa shape index (κ3) is 7.20. The molecule has 1 fully saturated rings. The van der Waals surface area contributed by atoms with Gasteiger partial charge >= 0.3 is 269 Å². The second-order valence-corrected chi connectivity index (χ2v) is 17.6. The number of halogens is 6. The van der Waals surface area contributed by atoms with Crippen LogP contribution in [0.3, 0.4) is 0 Å². The van der Waals surface area contributed by atoms with Crippen LogP contribution in [0.2, 0.25) is 0 Å². The molecule has 1 aliphatic carbocycles. The third-order valence-corrected chi connectivity index (χ3v) is 12.7. The Morgan fingerprint density at radius 2 is 1.55 bits per heavy atom. The van der Waals surface area contributed by atoms with E-state index in [0.29, 0.717) is 14.5 Å². The maximum atomic E-state index is 9.87. The molecule has 1 aromatic carbocycles. The topological polar surface area (TPSA) is 9.49 Å². The van der Waals surface area contributed by atoms with Gasteiger partial charge in [0.2, 0.25) is 0 Å². The number of thiophene rings is 1. The van der Waals surface area contributed by atoms with E-state index in [0.717, 1.165) is 18.1 Å². The molecule has 0 unspecified atom stereocenters. The zero-order chi connectivity index (χ0) is 31.5. The summed E-state index contributed by atoms with van der Waals surface area (Å²) < 4.78 is 64.6. The summed E-state index contributed by atoms with van der Waals surface area (Å²) in [5, 5.41) is 2.81. The van der Waals surface area contributed by atoms with Crippen molar-refractivity contribution in [3.63, 3.8) is 0 Å². The van der Waals surface area contributed by atoms with Gasteiger partial charge in [-0.3, -0.25) is 0 Å². The van der Waals surface area contributed by atoms with Crippen LogP contribution in [0.1, 0.15) is 48.1 Å². The molecule has 4 aliphatic heterocycles. The average molecular weight is 737 g/mol. The van der Waals surface area contributed by atoms with Crippen LogP contribution in [0.15, 0.2) is 36.4 Å². The van der Waals surface area contributed by atoms with Crippen molar-refractivity contribution in [1.29, 1.82) is 0 Å². The van der Waals surface area contributed by atoms with E-state index < -0.39 is 7.81 Å². The number of nitrogens with zero attached hydrogens (tertiary/aromatic N) is 3. The van der Waals surface area contributed by atoms with E-state index in [4.69, 9.17) is 12.2 Å². The molecule has 7 rings (SSSR count). The van der Waals surface area contributed by atoms with Crippen molar-refractivity contribution >= 4 is 66.2 Å². The first-order valence-corrected chi connectivity index (χ1v) is 19.8. The van der Waals surface area contributed by atoms with Crippen molar-refractivity contribution in [2.24, 2.45) is 0 Å². The number of benzene rings is 2. The Morgan fingerprint density at radius 1 is 0.864 bits per heavy atom. The second-order valence-electron chi connectivity index (χ2n) is 12.0. The predicted octanol–water partition coefficient (Wildman–Crippen LogP) is 9.00. The van der Waals surface area contributed by atoms with Crippen molar-refractivity contribution in [3.05, 3.63) is 57.8 Å². The monoisotopic (exact) mass is 737 g/mol. The molecule has 2 aromatic rings. The van der Waals surface area contributed by atoms with Crippen LogP contribution in [0.4, 0.5) is 30.9 Å². The molecular weight excluding hydrogens is 702 g/mol. The molecule has 5 aliphatic rings. The Labute approximate surface area is 268 Å². The van der Waals surface area contributed by atoms with Crippen LogP contribution in [-0.4, -0.2) is 64.7 Å². The minimum atomic E-state index is -10.7. The van der Waals surface area contributed by atoms with E-state index in [1.54, 1.807) is 21.1 Å². The molecule has 0 radical (unpaired) electrons. The minimum absolute atomic E-state index is 0.314. The van der Waals surface area contributed by atoms with Gasteiger partial charge in [0.1, 0.15) is 0 Å². The molecule has 44 heavy (non-hydrogen) atoms. The normalized spacial score (nSPS) is 18.3. The summed E-state index contributed by atoms with van der Waals surface area (Å²) in [6, 6.07) is 14.4. The summed E-state index contributed by atoms with van der Waals surface area (Å²) in [5.41, 5.74) is 7.73. The summed E-state index contributed by atoms with van der Waals surface area (Å²) in [7, 11) is -6.35. The van der Waals surface area contributed by atoms with E-state index in [-0.39, 0.29) is 0 Å². The van der Waals surface area contributed by atoms with E-state index in [1.807, 2.05) is 11.3 Å². The number of aryl methyl sites for hydroxylation is 2. The molecular formula is C31H34F6N3PS2Se. The van der Waals surface area contributed by atoms with Gasteiger partial charge in [-0.2, -0.15) is 0 Å². The standard InChI is InChI=1S/C31H34N3S2Se.F6P/c1-32(2)21-10-11-22-27(19-21)37-30-23-9-7-17-33-16-6-8-20(29(23)33)18-24(30)28(22)25-12-13-26(36-25)31(35)34-14-4-3-5-15-34;1-7(2,3,4,5)6/h10-13,18-19H,3-9,14-17H2,1-2H3;/q+1;-1.